The largest absolute Gasteiger partial charge is 2.00 e. The summed E-state index contributed by atoms with van der Waals surface area (Å²) in [4.78, 5) is 0. The van der Waals surface area contributed by atoms with Crippen molar-refractivity contribution in [3.05, 3.63) is 259 Å². The fourth-order valence-electron chi connectivity index (χ4n) is 13.3. The van der Waals surface area contributed by atoms with E-state index in [-0.39, 0.29) is 121 Å². The molecule has 0 N–H and O–H groups in total. The van der Waals surface area contributed by atoms with Crippen LogP contribution in [0, 0.1) is 55.4 Å². The first kappa shape index (κ1) is 89.2. The topological polar surface area (TPSA) is 0 Å². The van der Waals surface area contributed by atoms with Crippen molar-refractivity contribution in [3.8, 4) is 44.5 Å². The van der Waals surface area contributed by atoms with Crippen LogP contribution in [0.4, 0.5) is 0 Å². The fraction of sp³-hybridized carbons (Fsp3) is 0.400. The van der Waals surface area contributed by atoms with E-state index in [9.17, 15) is 0 Å². The second-order valence-corrected chi connectivity index (χ2v) is 38.4. The second-order valence-electron chi connectivity index (χ2n) is 38.4. The number of benzene rings is 8. The second kappa shape index (κ2) is 32.8. The van der Waals surface area contributed by atoms with Gasteiger partial charge in [0.15, 0.2) is 0 Å². The van der Waals surface area contributed by atoms with Gasteiger partial charge in [0.2, 0.25) is 0 Å². The molecule has 0 atom stereocenters. The Labute approximate surface area is 682 Å². The summed E-state index contributed by atoms with van der Waals surface area (Å²) >= 11 is 0. The van der Waals surface area contributed by atoms with Gasteiger partial charge in [-0.2, -0.15) is 0 Å². The Bertz CT molecular complexity index is 4060. The van der Waals surface area contributed by atoms with Crippen molar-refractivity contribution >= 4 is 43.1 Å². The standard InChI is InChI=1S/4C25H31.2ClH.2Zr/c4*1-16-9-18-11-20(12-19(18)10-17(16)2)21-13-22(24(3,4)5)15-23(14-21)25(6,7)8;;;;/h4*9-15H,1-8H3;2*1H;;/q4*-1;;;2*+2/p-2. The van der Waals surface area contributed by atoms with E-state index in [0.29, 0.717) is 0 Å². The molecular formula is C100H124Cl2Zr2-2. The molecule has 0 amide bonds. The molecule has 0 aliphatic rings. The van der Waals surface area contributed by atoms with Crippen LogP contribution < -0.4 is 24.8 Å². The van der Waals surface area contributed by atoms with Crippen molar-refractivity contribution in [3.63, 3.8) is 0 Å². The fourth-order valence-corrected chi connectivity index (χ4v) is 13.3. The summed E-state index contributed by atoms with van der Waals surface area (Å²) in [7, 11) is 0. The minimum Gasteiger partial charge on any atom is -1.00 e. The molecule has 104 heavy (non-hydrogen) atoms. The Morgan fingerprint density at radius 1 is 0.173 bits per heavy atom. The van der Waals surface area contributed by atoms with Crippen molar-refractivity contribution in [2.24, 2.45) is 0 Å². The summed E-state index contributed by atoms with van der Waals surface area (Å²) < 4.78 is 0. The number of hydrogen-bond acceptors (Lipinski definition) is 0. The van der Waals surface area contributed by atoms with Gasteiger partial charge in [0.25, 0.3) is 0 Å². The van der Waals surface area contributed by atoms with Crippen LogP contribution in [0.5, 0.6) is 0 Å². The van der Waals surface area contributed by atoms with Crippen LogP contribution in [-0.4, -0.2) is 0 Å². The third kappa shape index (κ3) is 21.5. The predicted molar refractivity (Wildman–Crippen MR) is 447 cm³/mol. The average molecular weight is 1580 g/mol. The van der Waals surface area contributed by atoms with Gasteiger partial charge in [-0.1, -0.05) is 330 Å². The molecule has 0 fully saturated rings. The van der Waals surface area contributed by atoms with Crippen LogP contribution in [-0.2, 0) is 95.7 Å². The quantitative estimate of drug-likeness (QED) is 0.154. The summed E-state index contributed by atoms with van der Waals surface area (Å²) in [6.45, 7) is 72.7. The van der Waals surface area contributed by atoms with E-state index in [0.717, 1.165) is 0 Å². The average Bonchev–Trinajstić information content (AvgIpc) is 1.73. The normalized spacial score (nSPS) is 12.3. The molecule has 12 aromatic carbocycles. The zero-order valence-corrected chi connectivity index (χ0v) is 76.3. The van der Waals surface area contributed by atoms with Crippen molar-refractivity contribution in [1.82, 2.24) is 0 Å². The van der Waals surface area contributed by atoms with Crippen LogP contribution in [0.2, 0.25) is 0 Å². The van der Waals surface area contributed by atoms with Gasteiger partial charge in [0, 0.05) is 0 Å². The van der Waals surface area contributed by atoms with Gasteiger partial charge in [-0.15, -0.1) is 138 Å². The van der Waals surface area contributed by atoms with Crippen LogP contribution in [0.25, 0.3) is 87.6 Å². The molecule has 0 aliphatic heterocycles. The van der Waals surface area contributed by atoms with Gasteiger partial charge in [-0.05, 0) is 143 Å². The Kier molecular flexibility index (Phi) is 28.1. The monoisotopic (exact) mass is 1570 g/mol. The molecule has 0 nitrogen and oxygen atoms in total. The molecule has 0 heterocycles. The van der Waals surface area contributed by atoms with Crippen LogP contribution in [0.3, 0.4) is 0 Å². The number of hydrogen-bond donors (Lipinski definition) is 0. The van der Waals surface area contributed by atoms with E-state index in [4.69, 9.17) is 0 Å². The molecule has 4 heteroatoms. The molecule has 0 bridgehead atoms. The Morgan fingerprint density at radius 3 is 0.423 bits per heavy atom. The first-order chi connectivity index (χ1) is 45.8. The summed E-state index contributed by atoms with van der Waals surface area (Å²) in [6, 6.07) is 65.8. The van der Waals surface area contributed by atoms with Gasteiger partial charge in [-0.3, -0.25) is 0 Å². The Morgan fingerprint density at radius 2 is 0.298 bits per heavy atom. The minimum absolute atomic E-state index is 0. The molecule has 0 saturated heterocycles. The third-order valence-corrected chi connectivity index (χ3v) is 21.3. The Hall–Kier alpha value is -5.45. The van der Waals surface area contributed by atoms with Gasteiger partial charge in [0.1, 0.15) is 0 Å². The number of fused-ring (bicyclic) bond motifs is 4. The molecule has 0 spiro atoms. The van der Waals surface area contributed by atoms with Gasteiger partial charge < -0.3 is 24.8 Å². The summed E-state index contributed by atoms with van der Waals surface area (Å²) in [5, 5.41) is 10.8. The first-order valence-electron chi connectivity index (χ1n) is 37.2. The van der Waals surface area contributed by atoms with Gasteiger partial charge in [-0.25, -0.2) is 0 Å². The summed E-state index contributed by atoms with van der Waals surface area (Å²) in [6.07, 6.45) is 0. The van der Waals surface area contributed by atoms with E-state index >= 15 is 0 Å². The summed E-state index contributed by atoms with van der Waals surface area (Å²) in [5.74, 6) is 0. The van der Waals surface area contributed by atoms with E-state index in [1.807, 2.05) is 0 Å². The molecule has 12 aromatic rings. The summed E-state index contributed by atoms with van der Waals surface area (Å²) in [5.41, 5.74) is 34.0. The SMILES string of the molecule is Cc1cc2cc(-c3cc(C(C)(C)C)cc(C(C)(C)C)c3)[cH-]c2cc1C.Cc1cc2cc(-c3cc(C(C)(C)C)cc(C(C)(C)C)c3)[cH-]c2cc1C.Cc1cc2cc(-c3cc(C(C)(C)C)cc(C(C)(C)C)c3)[cH-]c2cc1C.Cc1cc2cc(-c3cc(C(C)(C)C)cc(C(C)(C)C)c3)[cH-]c2cc1C.[Cl-].[Cl-].[Zr+2].[Zr+2]. The molecule has 0 aromatic heterocycles. The molecule has 548 valence electrons. The van der Waals surface area contributed by atoms with Gasteiger partial charge in [0.05, 0.1) is 0 Å². The molecule has 0 saturated carbocycles. The smallest absolute Gasteiger partial charge is 1.00 e. The maximum atomic E-state index is 2.39. The Balaban J connectivity index is 0.000000246. The zero-order valence-electron chi connectivity index (χ0n) is 69.9. The number of rotatable bonds is 4. The number of aryl methyl sites for hydroxylation is 8. The molecule has 0 unspecified atom stereocenters. The predicted octanol–water partition coefficient (Wildman–Crippen LogP) is 23.8. The van der Waals surface area contributed by atoms with E-state index in [1.54, 1.807) is 0 Å². The van der Waals surface area contributed by atoms with E-state index in [1.165, 1.54) is 177 Å². The van der Waals surface area contributed by atoms with E-state index in [2.05, 4.69) is 391 Å². The van der Waals surface area contributed by atoms with Crippen LogP contribution in [0.15, 0.2) is 170 Å². The van der Waals surface area contributed by atoms with Gasteiger partial charge >= 0.3 is 52.4 Å². The van der Waals surface area contributed by atoms with Crippen molar-refractivity contribution in [1.29, 1.82) is 0 Å². The zero-order chi connectivity index (χ0) is 74.3. The maximum absolute atomic E-state index is 2.39. The minimum atomic E-state index is 0. The van der Waals surface area contributed by atoms with Crippen LogP contribution >= 0.6 is 0 Å². The van der Waals surface area contributed by atoms with Crippen molar-refractivity contribution < 1.29 is 77.2 Å². The molecule has 0 radical (unpaired) electrons. The number of halogens is 2. The maximum Gasteiger partial charge on any atom is 2.00 e. The van der Waals surface area contributed by atoms with E-state index < -0.39 is 0 Å². The molecule has 0 aliphatic carbocycles. The van der Waals surface area contributed by atoms with Crippen molar-refractivity contribution in [2.45, 2.75) is 265 Å². The third-order valence-electron chi connectivity index (χ3n) is 21.3. The first-order valence-corrected chi connectivity index (χ1v) is 37.2. The van der Waals surface area contributed by atoms with Crippen molar-refractivity contribution in [2.75, 3.05) is 0 Å². The van der Waals surface area contributed by atoms with Crippen LogP contribution in [0.1, 0.15) is 255 Å². The molecular weight excluding hydrogens is 1450 g/mol. The molecule has 12 rings (SSSR count).